The number of amides is 1. The van der Waals surface area contributed by atoms with Crippen LogP contribution in [-0.2, 0) is 28.5 Å². The lowest BCUT2D eigenvalue weighted by atomic mass is 10.3. The molecule has 1 heterocycles. The molecule has 0 saturated carbocycles. The van der Waals surface area contributed by atoms with Crippen LogP contribution in [0, 0.1) is 0 Å². The Hall–Kier alpha value is -1.36. The Morgan fingerprint density at radius 3 is 2.25 bits per heavy atom. The van der Waals surface area contributed by atoms with Crippen molar-refractivity contribution in [2.75, 3.05) is 6.54 Å². The van der Waals surface area contributed by atoms with E-state index in [1.54, 1.807) is 0 Å². The second-order valence-electron chi connectivity index (χ2n) is 2.60. The summed E-state index contributed by atoms with van der Waals surface area (Å²) in [5.74, 6) is -3.69. The maximum Gasteiger partial charge on any atom is 0.492 e. The van der Waals surface area contributed by atoms with E-state index in [1.807, 2.05) is 0 Å². The van der Waals surface area contributed by atoms with Crippen molar-refractivity contribution in [3.05, 3.63) is 0 Å². The van der Waals surface area contributed by atoms with Crippen molar-refractivity contribution in [3.63, 3.8) is 0 Å². The SMILES string of the molecule is O=C1CCN1OS(=O)(=O)OC(=O)C(F)(F)F. The van der Waals surface area contributed by atoms with Gasteiger partial charge in [0.15, 0.2) is 0 Å². The molecule has 0 aliphatic carbocycles. The summed E-state index contributed by atoms with van der Waals surface area (Å²) in [4.78, 5) is 20.7. The lowest BCUT2D eigenvalue weighted by Gasteiger charge is -2.26. The predicted octanol–water partition coefficient (Wildman–Crippen LogP) is -0.499. The first-order valence-corrected chi connectivity index (χ1v) is 5.01. The molecular formula is C5H4F3NO6S. The first kappa shape index (κ1) is 12.7. The fraction of sp³-hybridized carbons (Fsp3) is 0.600. The molecule has 0 radical (unpaired) electrons. The zero-order chi connectivity index (χ0) is 12.6. The van der Waals surface area contributed by atoms with Gasteiger partial charge in [0, 0.05) is 6.42 Å². The molecular weight excluding hydrogens is 259 g/mol. The van der Waals surface area contributed by atoms with E-state index < -0.39 is 28.5 Å². The minimum Gasteiger partial charge on any atom is -0.315 e. The number of halogens is 3. The maximum atomic E-state index is 11.6. The molecule has 0 aromatic rings. The van der Waals surface area contributed by atoms with Gasteiger partial charge in [-0.05, 0) is 0 Å². The largest absolute Gasteiger partial charge is 0.492 e. The minimum atomic E-state index is -5.46. The van der Waals surface area contributed by atoms with Gasteiger partial charge < -0.3 is 4.18 Å². The number of nitrogens with zero attached hydrogens (tertiary/aromatic N) is 1. The summed E-state index contributed by atoms with van der Waals surface area (Å²) >= 11 is 0. The van der Waals surface area contributed by atoms with Crippen molar-refractivity contribution in [2.45, 2.75) is 12.6 Å². The summed E-state index contributed by atoms with van der Waals surface area (Å²) in [5, 5.41) is 0.263. The molecule has 92 valence electrons. The van der Waals surface area contributed by atoms with Crippen LogP contribution in [0.25, 0.3) is 0 Å². The quantitative estimate of drug-likeness (QED) is 0.638. The number of carbonyl (C=O) groups excluding carboxylic acids is 2. The molecule has 1 aliphatic heterocycles. The zero-order valence-electron chi connectivity index (χ0n) is 7.35. The van der Waals surface area contributed by atoms with E-state index >= 15 is 0 Å². The van der Waals surface area contributed by atoms with Gasteiger partial charge in [-0.25, -0.2) is 9.86 Å². The van der Waals surface area contributed by atoms with Gasteiger partial charge in [0.05, 0.1) is 6.54 Å². The summed E-state index contributed by atoms with van der Waals surface area (Å²) in [5.41, 5.74) is 0. The molecule has 1 fully saturated rings. The Morgan fingerprint density at radius 1 is 1.38 bits per heavy atom. The number of carbonyl (C=O) groups is 2. The maximum absolute atomic E-state index is 11.6. The molecule has 0 spiro atoms. The highest BCUT2D eigenvalue weighted by atomic mass is 32.3. The molecule has 0 aromatic heterocycles. The zero-order valence-corrected chi connectivity index (χ0v) is 8.17. The topological polar surface area (TPSA) is 90.0 Å². The van der Waals surface area contributed by atoms with Crippen LogP contribution in [0.4, 0.5) is 13.2 Å². The predicted molar refractivity (Wildman–Crippen MR) is 38.5 cm³/mol. The highest BCUT2D eigenvalue weighted by molar-refractivity contribution is 7.82. The molecule has 11 heteroatoms. The van der Waals surface area contributed by atoms with E-state index in [2.05, 4.69) is 8.47 Å². The van der Waals surface area contributed by atoms with Crippen LogP contribution < -0.4 is 0 Å². The van der Waals surface area contributed by atoms with Crippen molar-refractivity contribution in [2.24, 2.45) is 0 Å². The molecule has 7 nitrogen and oxygen atoms in total. The normalized spacial score (nSPS) is 16.9. The molecule has 16 heavy (non-hydrogen) atoms. The second kappa shape index (κ2) is 3.90. The van der Waals surface area contributed by atoms with Crippen molar-refractivity contribution < 1.29 is 39.6 Å². The van der Waals surface area contributed by atoms with Crippen LogP contribution in [-0.4, -0.2) is 38.1 Å². The summed E-state index contributed by atoms with van der Waals surface area (Å²) in [7, 11) is -5.22. The van der Waals surface area contributed by atoms with Crippen LogP contribution in [0.3, 0.4) is 0 Å². The molecule has 1 rings (SSSR count). The summed E-state index contributed by atoms with van der Waals surface area (Å²) < 4.78 is 63.0. The van der Waals surface area contributed by atoms with Crippen LogP contribution in [0.5, 0.6) is 0 Å². The van der Waals surface area contributed by atoms with Crippen molar-refractivity contribution in [3.8, 4) is 0 Å². The van der Waals surface area contributed by atoms with Gasteiger partial charge in [0.2, 0.25) is 5.91 Å². The lowest BCUT2D eigenvalue weighted by molar-refractivity contribution is -0.194. The van der Waals surface area contributed by atoms with Gasteiger partial charge in [0.25, 0.3) is 0 Å². The first-order chi connectivity index (χ1) is 7.12. The van der Waals surface area contributed by atoms with Gasteiger partial charge in [-0.1, -0.05) is 0 Å². The van der Waals surface area contributed by atoms with E-state index in [1.165, 1.54) is 0 Å². The Labute approximate surface area is 87.0 Å². The van der Waals surface area contributed by atoms with Crippen molar-refractivity contribution in [1.29, 1.82) is 0 Å². The van der Waals surface area contributed by atoms with Crippen LogP contribution >= 0.6 is 0 Å². The Balaban J connectivity index is 2.59. The third-order valence-electron chi connectivity index (χ3n) is 1.40. The Bertz CT molecular complexity index is 414. The molecule has 1 saturated heterocycles. The van der Waals surface area contributed by atoms with Gasteiger partial charge in [-0.2, -0.15) is 21.6 Å². The summed E-state index contributed by atoms with van der Waals surface area (Å²) in [6.45, 7) is -0.109. The minimum absolute atomic E-state index is 0.00272. The van der Waals surface area contributed by atoms with Crippen molar-refractivity contribution >= 4 is 22.3 Å². The molecule has 1 aliphatic rings. The van der Waals surface area contributed by atoms with E-state index in [-0.39, 0.29) is 18.0 Å². The molecule has 0 bridgehead atoms. The van der Waals surface area contributed by atoms with Crippen LogP contribution in [0.15, 0.2) is 0 Å². The lowest BCUT2D eigenvalue weighted by Crippen LogP contribution is -2.45. The highest BCUT2D eigenvalue weighted by Crippen LogP contribution is 2.19. The smallest absolute Gasteiger partial charge is 0.315 e. The average Bonchev–Trinajstić information content (AvgIpc) is 2.10. The number of β-lactam (4-membered cyclic amide) rings is 1. The van der Waals surface area contributed by atoms with Gasteiger partial charge in [0.1, 0.15) is 0 Å². The van der Waals surface area contributed by atoms with Gasteiger partial charge in [-0.15, -0.1) is 4.28 Å². The fourth-order valence-corrected chi connectivity index (χ4v) is 1.33. The monoisotopic (exact) mass is 263 g/mol. The highest BCUT2D eigenvalue weighted by Gasteiger charge is 2.45. The fourth-order valence-electron chi connectivity index (χ4n) is 0.639. The molecule has 1 amide bonds. The number of hydrogen-bond acceptors (Lipinski definition) is 6. The van der Waals surface area contributed by atoms with E-state index in [9.17, 15) is 31.2 Å². The molecule has 0 N–H and O–H groups in total. The van der Waals surface area contributed by atoms with Crippen molar-refractivity contribution in [1.82, 2.24) is 5.06 Å². The first-order valence-electron chi connectivity index (χ1n) is 3.67. The Morgan fingerprint density at radius 2 is 1.94 bits per heavy atom. The van der Waals surface area contributed by atoms with E-state index in [0.717, 1.165) is 0 Å². The third kappa shape index (κ3) is 3.06. The number of hydroxylamine groups is 2. The van der Waals surface area contributed by atoms with Gasteiger partial charge in [-0.3, -0.25) is 4.79 Å². The van der Waals surface area contributed by atoms with Crippen LogP contribution in [0.1, 0.15) is 6.42 Å². The van der Waals surface area contributed by atoms with E-state index in [0.29, 0.717) is 0 Å². The number of hydrogen-bond donors (Lipinski definition) is 0. The number of alkyl halides is 3. The molecule has 0 atom stereocenters. The number of rotatable bonds is 3. The standard InChI is InChI=1S/C5H4F3NO6S/c6-5(7,8)4(11)14-16(12,13)15-9-2-1-3(9)10/h1-2H2. The van der Waals surface area contributed by atoms with Crippen LogP contribution in [0.2, 0.25) is 0 Å². The molecule has 0 unspecified atom stereocenters. The third-order valence-corrected chi connectivity index (χ3v) is 2.12. The van der Waals surface area contributed by atoms with Gasteiger partial charge >= 0.3 is 22.5 Å². The summed E-state index contributed by atoms with van der Waals surface area (Å²) in [6.07, 6.45) is -5.46. The average molecular weight is 263 g/mol. The Kier molecular flexibility index (Phi) is 3.10. The summed E-state index contributed by atoms with van der Waals surface area (Å²) in [6, 6.07) is 0. The van der Waals surface area contributed by atoms with E-state index in [4.69, 9.17) is 0 Å². The second-order valence-corrected chi connectivity index (χ2v) is 3.73. The molecule has 0 aromatic carbocycles.